The van der Waals surface area contributed by atoms with Crippen LogP contribution in [0.15, 0.2) is 48.5 Å². The lowest BCUT2D eigenvalue weighted by molar-refractivity contribution is 0.474. The summed E-state index contributed by atoms with van der Waals surface area (Å²) in [5, 5.41) is 9.60. The average Bonchev–Trinajstić information content (AvgIpc) is 2.60. The fourth-order valence-corrected chi connectivity index (χ4v) is 2.91. The van der Waals surface area contributed by atoms with E-state index in [1.54, 1.807) is 6.07 Å². The molecule has 2 aromatic carbocycles. The molecule has 0 saturated heterocycles. The molecule has 0 amide bonds. The van der Waals surface area contributed by atoms with Gasteiger partial charge in [-0.3, -0.25) is 0 Å². The second-order valence-corrected chi connectivity index (χ2v) is 5.40. The molecule has 1 unspecified atom stereocenters. The third kappa shape index (κ3) is 2.63. The minimum Gasteiger partial charge on any atom is -0.508 e. The molecular formula is C17H20N2O. The van der Waals surface area contributed by atoms with Crippen LogP contribution in [0.4, 0.5) is 5.69 Å². The fourth-order valence-electron chi connectivity index (χ4n) is 2.91. The lowest BCUT2D eigenvalue weighted by atomic mass is 10.0. The maximum atomic E-state index is 9.60. The van der Waals surface area contributed by atoms with Gasteiger partial charge in [-0.2, -0.15) is 0 Å². The molecule has 1 aliphatic rings. The number of para-hydroxylation sites is 1. The molecule has 0 spiro atoms. The quantitative estimate of drug-likeness (QED) is 0.879. The van der Waals surface area contributed by atoms with E-state index in [0.29, 0.717) is 5.75 Å². The lowest BCUT2D eigenvalue weighted by Crippen LogP contribution is -2.23. The molecule has 0 aromatic heterocycles. The highest BCUT2D eigenvalue weighted by molar-refractivity contribution is 5.56. The fraction of sp³-hybridized carbons (Fsp3) is 0.294. The van der Waals surface area contributed by atoms with Crippen LogP contribution in [0.1, 0.15) is 30.0 Å². The first-order valence-corrected chi connectivity index (χ1v) is 7.11. The largest absolute Gasteiger partial charge is 0.508 e. The predicted molar refractivity (Wildman–Crippen MR) is 81.8 cm³/mol. The van der Waals surface area contributed by atoms with E-state index in [0.717, 1.165) is 31.5 Å². The number of aromatic hydroxyl groups is 1. The third-order valence-electron chi connectivity index (χ3n) is 3.90. The first-order chi connectivity index (χ1) is 9.74. The lowest BCUT2D eigenvalue weighted by Gasteiger charge is -2.25. The molecule has 3 heteroatoms. The number of hydrogen-bond acceptors (Lipinski definition) is 3. The maximum Gasteiger partial charge on any atom is 0.115 e. The SMILES string of the molecule is NC1CCCN(Cc2cccc(O)c2)c2ccccc21. The van der Waals surface area contributed by atoms with Gasteiger partial charge in [-0.25, -0.2) is 0 Å². The maximum absolute atomic E-state index is 9.60. The zero-order valence-corrected chi connectivity index (χ0v) is 11.5. The molecule has 1 heterocycles. The molecule has 20 heavy (non-hydrogen) atoms. The van der Waals surface area contributed by atoms with Gasteiger partial charge in [0, 0.05) is 24.8 Å². The molecule has 0 saturated carbocycles. The average molecular weight is 268 g/mol. The highest BCUT2D eigenvalue weighted by atomic mass is 16.3. The molecule has 3 nitrogen and oxygen atoms in total. The molecule has 0 aliphatic carbocycles. The Morgan fingerprint density at radius 3 is 2.85 bits per heavy atom. The van der Waals surface area contributed by atoms with E-state index in [9.17, 15) is 5.11 Å². The van der Waals surface area contributed by atoms with E-state index >= 15 is 0 Å². The van der Waals surface area contributed by atoms with Crippen LogP contribution in [-0.4, -0.2) is 11.7 Å². The first-order valence-electron chi connectivity index (χ1n) is 7.11. The Morgan fingerprint density at radius 1 is 1.15 bits per heavy atom. The summed E-state index contributed by atoms with van der Waals surface area (Å²) < 4.78 is 0. The van der Waals surface area contributed by atoms with Crippen LogP contribution in [0.3, 0.4) is 0 Å². The van der Waals surface area contributed by atoms with Crippen molar-refractivity contribution in [1.29, 1.82) is 0 Å². The summed E-state index contributed by atoms with van der Waals surface area (Å²) >= 11 is 0. The number of rotatable bonds is 2. The van der Waals surface area contributed by atoms with Crippen LogP contribution in [-0.2, 0) is 6.54 Å². The van der Waals surface area contributed by atoms with Crippen molar-refractivity contribution in [3.63, 3.8) is 0 Å². The van der Waals surface area contributed by atoms with Crippen LogP contribution < -0.4 is 10.6 Å². The van der Waals surface area contributed by atoms with Crippen molar-refractivity contribution in [3.8, 4) is 5.75 Å². The first kappa shape index (κ1) is 13.0. The standard InChI is InChI=1S/C17H20N2O/c18-16-8-4-10-19(17-9-2-1-7-15(16)17)12-13-5-3-6-14(20)11-13/h1-3,5-7,9,11,16,20H,4,8,10,12,18H2. The van der Waals surface area contributed by atoms with Crippen molar-refractivity contribution >= 4 is 5.69 Å². The summed E-state index contributed by atoms with van der Waals surface area (Å²) in [5.74, 6) is 0.322. The van der Waals surface area contributed by atoms with E-state index in [4.69, 9.17) is 5.73 Å². The van der Waals surface area contributed by atoms with Crippen molar-refractivity contribution in [3.05, 3.63) is 59.7 Å². The van der Waals surface area contributed by atoms with Gasteiger partial charge in [-0.05, 0) is 42.2 Å². The molecule has 2 aromatic rings. The summed E-state index contributed by atoms with van der Waals surface area (Å²) in [6.45, 7) is 1.80. The molecule has 1 atom stereocenters. The molecule has 0 bridgehead atoms. The molecule has 0 fully saturated rings. The molecular weight excluding hydrogens is 248 g/mol. The van der Waals surface area contributed by atoms with Crippen LogP contribution in [0, 0.1) is 0 Å². The summed E-state index contributed by atoms with van der Waals surface area (Å²) in [5.41, 5.74) is 9.83. The van der Waals surface area contributed by atoms with Gasteiger partial charge in [0.05, 0.1) is 0 Å². The van der Waals surface area contributed by atoms with Gasteiger partial charge in [0.2, 0.25) is 0 Å². The normalized spacial score (nSPS) is 18.4. The van der Waals surface area contributed by atoms with Crippen molar-refractivity contribution in [1.82, 2.24) is 0 Å². The van der Waals surface area contributed by atoms with Gasteiger partial charge in [0.1, 0.15) is 5.75 Å². The number of phenolic OH excluding ortho intramolecular Hbond substituents is 1. The molecule has 3 rings (SSSR count). The minimum atomic E-state index is 0.125. The van der Waals surface area contributed by atoms with Gasteiger partial charge >= 0.3 is 0 Å². The van der Waals surface area contributed by atoms with E-state index < -0.39 is 0 Å². The van der Waals surface area contributed by atoms with E-state index in [2.05, 4.69) is 29.2 Å². The number of benzene rings is 2. The smallest absolute Gasteiger partial charge is 0.115 e. The Hall–Kier alpha value is -2.00. The van der Waals surface area contributed by atoms with Crippen molar-refractivity contribution < 1.29 is 5.11 Å². The van der Waals surface area contributed by atoms with Crippen LogP contribution in [0.2, 0.25) is 0 Å². The third-order valence-corrected chi connectivity index (χ3v) is 3.90. The van der Waals surface area contributed by atoms with Crippen molar-refractivity contribution in [2.75, 3.05) is 11.4 Å². The minimum absolute atomic E-state index is 0.125. The second-order valence-electron chi connectivity index (χ2n) is 5.40. The van der Waals surface area contributed by atoms with Gasteiger partial charge < -0.3 is 15.7 Å². The van der Waals surface area contributed by atoms with Crippen LogP contribution >= 0.6 is 0 Å². The monoisotopic (exact) mass is 268 g/mol. The van der Waals surface area contributed by atoms with Gasteiger partial charge in [-0.1, -0.05) is 30.3 Å². The van der Waals surface area contributed by atoms with Gasteiger partial charge in [-0.15, -0.1) is 0 Å². The number of nitrogens with zero attached hydrogens (tertiary/aromatic N) is 1. The van der Waals surface area contributed by atoms with Crippen molar-refractivity contribution in [2.24, 2.45) is 5.73 Å². The molecule has 3 N–H and O–H groups in total. The Balaban J connectivity index is 1.91. The highest BCUT2D eigenvalue weighted by Gasteiger charge is 2.19. The number of hydrogen-bond donors (Lipinski definition) is 2. The van der Waals surface area contributed by atoms with E-state index in [-0.39, 0.29) is 6.04 Å². The van der Waals surface area contributed by atoms with E-state index in [1.165, 1.54) is 11.3 Å². The summed E-state index contributed by atoms with van der Waals surface area (Å²) in [4.78, 5) is 2.36. The van der Waals surface area contributed by atoms with Gasteiger partial charge in [0.25, 0.3) is 0 Å². The Kier molecular flexibility index (Phi) is 3.61. The van der Waals surface area contributed by atoms with Crippen molar-refractivity contribution in [2.45, 2.75) is 25.4 Å². The zero-order chi connectivity index (χ0) is 13.9. The number of anilines is 1. The van der Waals surface area contributed by atoms with E-state index in [1.807, 2.05) is 18.2 Å². The summed E-state index contributed by atoms with van der Waals surface area (Å²) in [6.07, 6.45) is 2.11. The Morgan fingerprint density at radius 2 is 2.00 bits per heavy atom. The number of phenols is 1. The Bertz CT molecular complexity index is 597. The predicted octanol–water partition coefficient (Wildman–Crippen LogP) is 3.19. The van der Waals surface area contributed by atoms with Crippen LogP contribution in [0.25, 0.3) is 0 Å². The molecule has 1 aliphatic heterocycles. The summed E-state index contributed by atoms with van der Waals surface area (Å²) in [6, 6.07) is 16.0. The second kappa shape index (κ2) is 5.55. The zero-order valence-electron chi connectivity index (χ0n) is 11.5. The highest BCUT2D eigenvalue weighted by Crippen LogP contribution is 2.32. The molecule has 104 valence electrons. The van der Waals surface area contributed by atoms with Crippen LogP contribution in [0.5, 0.6) is 5.75 Å². The molecule has 0 radical (unpaired) electrons. The summed E-state index contributed by atoms with van der Waals surface area (Å²) in [7, 11) is 0. The number of nitrogens with two attached hydrogens (primary N) is 1. The number of fused-ring (bicyclic) bond motifs is 1. The Labute approximate surface area is 119 Å². The topological polar surface area (TPSA) is 49.5 Å². The van der Waals surface area contributed by atoms with Gasteiger partial charge in [0.15, 0.2) is 0 Å².